The average molecular weight is 267 g/mol. The first-order chi connectivity index (χ1) is 5.20. The van der Waals surface area contributed by atoms with Crippen molar-refractivity contribution in [1.82, 2.24) is 9.97 Å². The van der Waals surface area contributed by atoms with Crippen LogP contribution >= 0.6 is 0 Å². The van der Waals surface area contributed by atoms with Gasteiger partial charge >= 0.3 is 5.97 Å². The number of nitrogens with two attached hydrogens (primary N) is 1. The van der Waals surface area contributed by atoms with Gasteiger partial charge in [0.05, 0.1) is 0 Å². The predicted molar refractivity (Wildman–Crippen MR) is 36.9 cm³/mol. The molecule has 0 saturated carbocycles. The van der Waals surface area contributed by atoms with Gasteiger partial charge < -0.3 is 20.8 Å². The molecule has 0 spiro atoms. The maximum Gasteiger partial charge on any atom is 0.320 e. The second-order valence-corrected chi connectivity index (χ2v) is 2.16. The van der Waals surface area contributed by atoms with Crippen LogP contribution in [-0.2, 0) is 38.5 Å². The summed E-state index contributed by atoms with van der Waals surface area (Å²) < 4.78 is 0. The van der Waals surface area contributed by atoms with Crippen LogP contribution in [0.5, 0.6) is 0 Å². The van der Waals surface area contributed by atoms with E-state index in [1.807, 2.05) is 0 Å². The van der Waals surface area contributed by atoms with Crippen LogP contribution in [0.25, 0.3) is 0 Å². The minimum atomic E-state index is -1.02. The number of nitrogens with zero attached hydrogens (tertiary/aromatic N) is 2. The van der Waals surface area contributed by atoms with Crippen molar-refractivity contribution in [3.8, 4) is 0 Å². The largest absolute Gasteiger partial charge is 0.480 e. The first-order valence-electron chi connectivity index (χ1n) is 3.10. The third-order valence-electron chi connectivity index (χ3n) is 1.26. The molecule has 3 N–H and O–H groups in total. The molecule has 1 heterocycles. The van der Waals surface area contributed by atoms with Gasteiger partial charge in [-0.15, -0.1) is 0 Å². The van der Waals surface area contributed by atoms with Crippen molar-refractivity contribution in [3.05, 3.63) is 18.2 Å². The molecular formula is C6H8CdN3O2-. The van der Waals surface area contributed by atoms with E-state index in [9.17, 15) is 4.79 Å². The quantitative estimate of drug-likeness (QED) is 0.684. The van der Waals surface area contributed by atoms with E-state index in [0.717, 1.165) is 0 Å². The van der Waals surface area contributed by atoms with Gasteiger partial charge in [-0.3, -0.25) is 4.79 Å². The van der Waals surface area contributed by atoms with E-state index >= 15 is 0 Å². The predicted octanol–water partition coefficient (Wildman–Crippen LogP) is -1.01. The normalized spacial score (nSPS) is 11.8. The Morgan fingerprint density at radius 3 is 2.92 bits per heavy atom. The Morgan fingerprint density at radius 1 is 1.83 bits per heavy atom. The molecule has 0 fully saturated rings. The van der Waals surface area contributed by atoms with E-state index in [1.165, 1.54) is 12.5 Å². The van der Waals surface area contributed by atoms with Gasteiger partial charge in [0.15, 0.2) is 0 Å². The van der Waals surface area contributed by atoms with Crippen LogP contribution in [0, 0.1) is 0 Å². The summed E-state index contributed by atoms with van der Waals surface area (Å²) in [5, 5.41) is 8.41. The molecule has 1 atom stereocenters. The molecule has 62 valence electrons. The molecule has 0 saturated heterocycles. The molecule has 0 radical (unpaired) electrons. The summed E-state index contributed by atoms with van der Waals surface area (Å²) in [6.45, 7) is 0. The molecule has 0 unspecified atom stereocenters. The Labute approximate surface area is 89.5 Å². The Hall–Kier alpha value is -0.438. The fourth-order valence-corrected chi connectivity index (χ4v) is 0.678. The molecule has 1 rings (SSSR count). The molecule has 0 bridgehead atoms. The maximum absolute atomic E-state index is 10.3. The number of hydrogen-bond donors (Lipinski definition) is 2. The SMILES string of the molecule is N[C@@H](Cc1c[n-]cn1)C(=O)O.[Cd]. The Balaban J connectivity index is 0.00000121. The van der Waals surface area contributed by atoms with Crippen LogP contribution in [0.15, 0.2) is 12.5 Å². The van der Waals surface area contributed by atoms with Crippen molar-refractivity contribution in [2.75, 3.05) is 0 Å². The van der Waals surface area contributed by atoms with Gasteiger partial charge in [0.2, 0.25) is 0 Å². The summed E-state index contributed by atoms with van der Waals surface area (Å²) in [5.41, 5.74) is 5.85. The van der Waals surface area contributed by atoms with Crippen LogP contribution < -0.4 is 10.7 Å². The fraction of sp³-hybridized carbons (Fsp3) is 0.333. The summed E-state index contributed by atoms with van der Waals surface area (Å²) in [5.74, 6) is -1.02. The smallest absolute Gasteiger partial charge is 0.320 e. The molecule has 12 heavy (non-hydrogen) atoms. The summed E-state index contributed by atoms with van der Waals surface area (Å²) in [6, 6.07) is -0.883. The van der Waals surface area contributed by atoms with E-state index in [2.05, 4.69) is 9.97 Å². The number of carboxylic acid groups (broad SMARTS) is 1. The molecule has 1 aromatic heterocycles. The minimum absolute atomic E-state index is 0. The van der Waals surface area contributed by atoms with Gasteiger partial charge in [-0.25, -0.2) is 0 Å². The molecule has 0 amide bonds. The number of imidazole rings is 1. The van der Waals surface area contributed by atoms with E-state index in [0.29, 0.717) is 5.69 Å². The molecule has 0 aromatic carbocycles. The summed E-state index contributed by atoms with van der Waals surface area (Å²) >= 11 is 0. The minimum Gasteiger partial charge on any atom is -0.480 e. The monoisotopic (exact) mass is 268 g/mol. The Bertz CT molecular complexity index is 237. The van der Waals surface area contributed by atoms with Crippen LogP contribution in [0.3, 0.4) is 0 Å². The molecular weight excluding hydrogens is 258 g/mol. The Morgan fingerprint density at radius 2 is 2.50 bits per heavy atom. The van der Waals surface area contributed by atoms with Gasteiger partial charge in [-0.1, -0.05) is 18.2 Å². The first kappa shape index (κ1) is 11.6. The number of rotatable bonds is 3. The number of hydrogen-bond acceptors (Lipinski definition) is 3. The van der Waals surface area contributed by atoms with Gasteiger partial charge in [0, 0.05) is 27.3 Å². The van der Waals surface area contributed by atoms with E-state index in [-0.39, 0.29) is 33.7 Å². The van der Waals surface area contributed by atoms with Gasteiger partial charge in [0.25, 0.3) is 0 Å². The van der Waals surface area contributed by atoms with Crippen LogP contribution in [0.4, 0.5) is 0 Å². The van der Waals surface area contributed by atoms with Crippen molar-refractivity contribution in [2.45, 2.75) is 12.5 Å². The number of carbonyl (C=O) groups is 1. The number of aromatic nitrogens is 2. The van der Waals surface area contributed by atoms with Crippen molar-refractivity contribution in [2.24, 2.45) is 5.73 Å². The summed E-state index contributed by atoms with van der Waals surface area (Å²) in [6.07, 6.45) is 3.10. The fourth-order valence-electron chi connectivity index (χ4n) is 0.678. The zero-order valence-electron chi connectivity index (χ0n) is 6.47. The first-order valence-corrected chi connectivity index (χ1v) is 3.10. The summed E-state index contributed by atoms with van der Waals surface area (Å²) in [7, 11) is 0. The van der Waals surface area contributed by atoms with Crippen LogP contribution in [0.1, 0.15) is 5.69 Å². The van der Waals surface area contributed by atoms with Crippen molar-refractivity contribution < 1.29 is 37.2 Å². The van der Waals surface area contributed by atoms with Crippen molar-refractivity contribution in [3.63, 3.8) is 0 Å². The molecule has 0 aliphatic rings. The summed E-state index contributed by atoms with van der Waals surface area (Å²) in [4.78, 5) is 17.7. The maximum atomic E-state index is 10.3. The number of aliphatic carboxylic acids is 1. The Kier molecular flexibility index (Phi) is 5.06. The third kappa shape index (κ3) is 3.31. The van der Waals surface area contributed by atoms with Gasteiger partial charge in [-0.05, 0) is 6.42 Å². The second kappa shape index (κ2) is 5.25. The van der Waals surface area contributed by atoms with Crippen molar-refractivity contribution in [1.29, 1.82) is 0 Å². The second-order valence-electron chi connectivity index (χ2n) is 2.16. The zero-order valence-corrected chi connectivity index (χ0v) is 10.5. The molecule has 0 aliphatic heterocycles. The standard InChI is InChI=1S/C6H9N3O2.Cd/c7-5(6(10)11)1-4-2-8-3-9-4;/h2-3,5H,1,7H2,(H2,8,9,10,11);/p-1/t5-;/m0./s1. The third-order valence-corrected chi connectivity index (χ3v) is 1.26. The molecule has 1 aromatic rings. The topological polar surface area (TPSA) is 90.3 Å². The zero-order chi connectivity index (χ0) is 8.27. The van der Waals surface area contributed by atoms with Crippen LogP contribution in [0.2, 0.25) is 0 Å². The van der Waals surface area contributed by atoms with Gasteiger partial charge in [-0.2, -0.15) is 0 Å². The van der Waals surface area contributed by atoms with E-state index in [4.69, 9.17) is 10.8 Å². The van der Waals surface area contributed by atoms with Crippen molar-refractivity contribution >= 4 is 5.97 Å². The van der Waals surface area contributed by atoms with E-state index < -0.39 is 12.0 Å². The van der Waals surface area contributed by atoms with Gasteiger partial charge in [0.1, 0.15) is 6.04 Å². The number of carboxylic acids is 1. The van der Waals surface area contributed by atoms with Crippen LogP contribution in [-0.4, -0.2) is 22.1 Å². The molecule has 5 nitrogen and oxygen atoms in total. The van der Waals surface area contributed by atoms with E-state index in [1.54, 1.807) is 0 Å². The average Bonchev–Trinajstić information content (AvgIpc) is 2.39. The molecule has 6 heteroatoms. The molecule has 0 aliphatic carbocycles.